The Morgan fingerprint density at radius 2 is 1.93 bits per heavy atom. The van der Waals surface area contributed by atoms with Gasteiger partial charge in [-0.15, -0.1) is 0 Å². The highest BCUT2D eigenvalue weighted by atomic mass is 16.5. The molecule has 2 N–H and O–H groups in total. The summed E-state index contributed by atoms with van der Waals surface area (Å²) < 4.78 is 16.0. The van der Waals surface area contributed by atoms with Gasteiger partial charge in [0.25, 0.3) is 5.91 Å². The number of benzene rings is 1. The lowest BCUT2D eigenvalue weighted by Gasteiger charge is -2.11. The van der Waals surface area contributed by atoms with Crippen LogP contribution in [0.3, 0.4) is 0 Å². The lowest BCUT2D eigenvalue weighted by molar-refractivity contribution is -0.123. The first kappa shape index (κ1) is 20.4. The maximum absolute atomic E-state index is 12.4. The number of amides is 3. The van der Waals surface area contributed by atoms with Crippen molar-refractivity contribution in [3.63, 3.8) is 0 Å². The monoisotopic (exact) mass is 376 g/mol. The van der Waals surface area contributed by atoms with Crippen LogP contribution in [0.4, 0.5) is 4.79 Å². The Labute approximate surface area is 157 Å². The quantitative estimate of drug-likeness (QED) is 0.686. The molecule has 3 amide bonds. The number of hydrogen-bond acceptors (Lipinski definition) is 6. The Bertz CT molecular complexity index is 814. The van der Waals surface area contributed by atoms with Gasteiger partial charge in [-0.1, -0.05) is 25.1 Å². The molecule has 1 heterocycles. The van der Waals surface area contributed by atoms with Crippen molar-refractivity contribution < 1.29 is 28.3 Å². The minimum atomic E-state index is -0.793. The summed E-state index contributed by atoms with van der Waals surface area (Å²) in [5.41, 5.74) is 1.09. The van der Waals surface area contributed by atoms with Gasteiger partial charge in [0.15, 0.2) is 6.61 Å². The average molecular weight is 376 g/mol. The van der Waals surface area contributed by atoms with Crippen molar-refractivity contribution in [2.24, 2.45) is 0 Å². The van der Waals surface area contributed by atoms with Crippen LogP contribution in [0.5, 0.6) is 0 Å². The number of nitrogens with one attached hydrogen (secondary N) is 2. The number of carbonyl (C=O) groups is 3. The van der Waals surface area contributed by atoms with Gasteiger partial charge in [0.05, 0.1) is 6.61 Å². The van der Waals surface area contributed by atoms with Crippen LogP contribution >= 0.6 is 0 Å². The zero-order chi connectivity index (χ0) is 19.8. The Morgan fingerprint density at radius 1 is 1.19 bits per heavy atom. The smallest absolute Gasteiger partial charge is 0.375 e. The molecule has 1 aromatic heterocycles. The molecule has 2 rings (SSSR count). The third-order valence-electron chi connectivity index (χ3n) is 3.91. The van der Waals surface area contributed by atoms with Crippen LogP contribution in [0.15, 0.2) is 28.7 Å². The molecule has 0 spiro atoms. The topological polar surface area (TPSA) is 107 Å². The number of ether oxygens (including phenoxy) is 2. The van der Waals surface area contributed by atoms with Crippen molar-refractivity contribution in [2.75, 3.05) is 13.2 Å². The summed E-state index contributed by atoms with van der Waals surface area (Å²) in [7, 11) is 0. The number of hydrogen-bond donors (Lipinski definition) is 2. The van der Waals surface area contributed by atoms with Gasteiger partial charge in [0.2, 0.25) is 5.76 Å². The molecular weight excluding hydrogens is 352 g/mol. The molecule has 0 aliphatic carbocycles. The standard InChI is InChI=1S/C19H24N2O6/c1-4-12(3)20-19(24)21-16(22)11-26-18(23)17-14(10-25-5-2)13-8-6-7-9-15(13)27-17/h6-9,12H,4-5,10-11H2,1-3H3,(H2,20,21,22,24)/t12-/m0/s1. The molecule has 0 unspecified atom stereocenters. The highest BCUT2D eigenvalue weighted by Crippen LogP contribution is 2.27. The van der Waals surface area contributed by atoms with Crippen molar-refractivity contribution in [3.8, 4) is 0 Å². The summed E-state index contributed by atoms with van der Waals surface area (Å²) in [6, 6.07) is 6.45. The van der Waals surface area contributed by atoms with Crippen LogP contribution in [0.1, 0.15) is 43.3 Å². The summed E-state index contributed by atoms with van der Waals surface area (Å²) in [5, 5.41) is 5.43. The maximum atomic E-state index is 12.4. The summed E-state index contributed by atoms with van der Waals surface area (Å²) >= 11 is 0. The normalized spacial score (nSPS) is 11.8. The number of fused-ring (bicyclic) bond motifs is 1. The molecule has 2 aromatic rings. The molecule has 27 heavy (non-hydrogen) atoms. The van der Waals surface area contributed by atoms with Crippen LogP contribution in [-0.2, 0) is 20.9 Å². The van der Waals surface area contributed by atoms with Crippen LogP contribution < -0.4 is 10.6 Å². The summed E-state index contributed by atoms with van der Waals surface area (Å²) in [5.74, 6) is -1.54. The second kappa shape index (κ2) is 9.72. The van der Waals surface area contributed by atoms with Gasteiger partial charge in [-0.2, -0.15) is 0 Å². The number of furan rings is 1. The molecular formula is C19H24N2O6. The van der Waals surface area contributed by atoms with E-state index in [2.05, 4.69) is 10.6 Å². The zero-order valence-corrected chi connectivity index (χ0v) is 15.7. The number of imide groups is 1. The fourth-order valence-corrected chi connectivity index (χ4v) is 2.33. The van der Waals surface area contributed by atoms with Gasteiger partial charge >= 0.3 is 12.0 Å². The first-order chi connectivity index (χ1) is 13.0. The molecule has 0 saturated carbocycles. The second-order valence-electron chi connectivity index (χ2n) is 5.95. The lowest BCUT2D eigenvalue weighted by atomic mass is 10.1. The van der Waals surface area contributed by atoms with Crippen molar-refractivity contribution in [1.29, 1.82) is 0 Å². The van der Waals surface area contributed by atoms with Crippen LogP contribution in [0.2, 0.25) is 0 Å². The fourth-order valence-electron chi connectivity index (χ4n) is 2.33. The zero-order valence-electron chi connectivity index (χ0n) is 15.7. The minimum absolute atomic E-state index is 0.0125. The SMILES string of the molecule is CCOCc1c(C(=O)OCC(=O)NC(=O)N[C@@H](C)CC)oc2ccccc12. The van der Waals surface area contributed by atoms with E-state index in [4.69, 9.17) is 13.9 Å². The van der Waals surface area contributed by atoms with Crippen molar-refractivity contribution >= 4 is 28.9 Å². The molecule has 1 aromatic carbocycles. The number of esters is 1. The van der Waals surface area contributed by atoms with E-state index < -0.39 is 24.5 Å². The van der Waals surface area contributed by atoms with Crippen molar-refractivity contribution in [1.82, 2.24) is 10.6 Å². The third kappa shape index (κ3) is 5.55. The number of carbonyl (C=O) groups excluding carboxylic acids is 3. The number of para-hydroxylation sites is 1. The Morgan fingerprint density at radius 3 is 2.63 bits per heavy atom. The van der Waals surface area contributed by atoms with E-state index >= 15 is 0 Å². The van der Waals surface area contributed by atoms with Crippen LogP contribution in [-0.4, -0.2) is 37.2 Å². The van der Waals surface area contributed by atoms with Crippen molar-refractivity contribution in [2.45, 2.75) is 39.8 Å². The number of urea groups is 1. The third-order valence-corrected chi connectivity index (χ3v) is 3.91. The van der Waals surface area contributed by atoms with E-state index in [1.807, 2.05) is 32.9 Å². The Balaban J connectivity index is 2.01. The van der Waals surface area contributed by atoms with E-state index in [1.165, 1.54) is 0 Å². The fraction of sp³-hybridized carbons (Fsp3) is 0.421. The van der Waals surface area contributed by atoms with Gasteiger partial charge < -0.3 is 19.2 Å². The summed E-state index contributed by atoms with van der Waals surface area (Å²) in [6.07, 6.45) is 0.727. The molecule has 0 fully saturated rings. The average Bonchev–Trinajstić information content (AvgIpc) is 3.02. The largest absolute Gasteiger partial charge is 0.450 e. The summed E-state index contributed by atoms with van der Waals surface area (Å²) in [6.45, 7) is 5.61. The lowest BCUT2D eigenvalue weighted by Crippen LogP contribution is -2.44. The molecule has 0 bridgehead atoms. The van der Waals surface area contributed by atoms with Crippen LogP contribution in [0.25, 0.3) is 11.0 Å². The van der Waals surface area contributed by atoms with Crippen LogP contribution in [0, 0.1) is 0 Å². The highest BCUT2D eigenvalue weighted by Gasteiger charge is 2.23. The van der Waals surface area contributed by atoms with E-state index in [9.17, 15) is 14.4 Å². The predicted octanol–water partition coefficient (Wildman–Crippen LogP) is 2.75. The maximum Gasteiger partial charge on any atom is 0.375 e. The Hall–Kier alpha value is -2.87. The molecule has 8 nitrogen and oxygen atoms in total. The van der Waals surface area contributed by atoms with Gasteiger partial charge in [-0.3, -0.25) is 10.1 Å². The molecule has 0 saturated heterocycles. The van der Waals surface area contributed by atoms with Gasteiger partial charge in [-0.05, 0) is 26.3 Å². The molecule has 146 valence electrons. The minimum Gasteiger partial charge on any atom is -0.450 e. The Kier molecular flexibility index (Phi) is 7.36. The van der Waals surface area contributed by atoms with Gasteiger partial charge in [0.1, 0.15) is 5.58 Å². The first-order valence-electron chi connectivity index (χ1n) is 8.81. The first-order valence-corrected chi connectivity index (χ1v) is 8.81. The number of rotatable bonds is 8. The summed E-state index contributed by atoms with van der Waals surface area (Å²) in [4.78, 5) is 35.8. The molecule has 0 aliphatic rings. The highest BCUT2D eigenvalue weighted by molar-refractivity contribution is 5.99. The molecule has 1 atom stereocenters. The molecule has 0 radical (unpaired) electrons. The van der Waals surface area contributed by atoms with E-state index in [-0.39, 0.29) is 18.4 Å². The predicted molar refractivity (Wildman–Crippen MR) is 98.3 cm³/mol. The van der Waals surface area contributed by atoms with Gasteiger partial charge in [0, 0.05) is 23.6 Å². The van der Waals surface area contributed by atoms with Crippen molar-refractivity contribution in [3.05, 3.63) is 35.6 Å². The van der Waals surface area contributed by atoms with E-state index in [1.54, 1.807) is 12.1 Å². The van der Waals surface area contributed by atoms with Gasteiger partial charge in [-0.25, -0.2) is 9.59 Å². The second-order valence-corrected chi connectivity index (χ2v) is 5.95. The molecule has 8 heteroatoms. The van der Waals surface area contributed by atoms with E-state index in [0.717, 1.165) is 11.8 Å². The molecule has 0 aliphatic heterocycles. The van der Waals surface area contributed by atoms with E-state index in [0.29, 0.717) is 17.8 Å².